The summed E-state index contributed by atoms with van der Waals surface area (Å²) >= 11 is 2.27. The highest BCUT2D eigenvalue weighted by Crippen LogP contribution is 2.21. The highest BCUT2D eigenvalue weighted by molar-refractivity contribution is 14.1. The molecule has 0 atom stereocenters. The molecule has 0 spiro atoms. The van der Waals surface area contributed by atoms with Crippen molar-refractivity contribution in [2.24, 2.45) is 0 Å². The molecule has 17 heavy (non-hydrogen) atoms. The predicted octanol–water partition coefficient (Wildman–Crippen LogP) is 2.59. The van der Waals surface area contributed by atoms with Crippen LogP contribution in [0.3, 0.4) is 0 Å². The van der Waals surface area contributed by atoms with Crippen LogP contribution in [0.5, 0.6) is 0 Å². The summed E-state index contributed by atoms with van der Waals surface area (Å²) in [6, 6.07) is 8.70. The van der Waals surface area contributed by atoms with Crippen molar-refractivity contribution in [2.75, 3.05) is 0 Å². The van der Waals surface area contributed by atoms with Gasteiger partial charge in [0.15, 0.2) is 5.82 Å². The van der Waals surface area contributed by atoms with Crippen molar-refractivity contribution in [2.45, 2.75) is 25.4 Å². The number of nitrogens with one attached hydrogen (secondary N) is 1. The Balaban J connectivity index is 1.74. The van der Waals surface area contributed by atoms with E-state index < -0.39 is 0 Å². The first kappa shape index (κ1) is 11.2. The van der Waals surface area contributed by atoms with Crippen molar-refractivity contribution in [1.29, 1.82) is 0 Å². The molecule has 1 heterocycles. The third-order valence-electron chi connectivity index (χ3n) is 2.67. The van der Waals surface area contributed by atoms with E-state index >= 15 is 0 Å². The molecule has 0 radical (unpaired) electrons. The number of aromatic nitrogens is 2. The molecule has 1 aliphatic rings. The first-order valence-corrected chi connectivity index (χ1v) is 6.71. The van der Waals surface area contributed by atoms with Crippen LogP contribution in [0.1, 0.15) is 18.7 Å². The fourth-order valence-electron chi connectivity index (χ4n) is 1.59. The van der Waals surface area contributed by atoms with Crippen LogP contribution in [0.4, 0.5) is 0 Å². The summed E-state index contributed by atoms with van der Waals surface area (Å²) in [7, 11) is 0. The molecule has 2 aromatic rings. The number of hydrogen-bond donors (Lipinski definition) is 1. The van der Waals surface area contributed by atoms with Gasteiger partial charge in [-0.1, -0.05) is 11.2 Å². The maximum Gasteiger partial charge on any atom is 0.258 e. The summed E-state index contributed by atoms with van der Waals surface area (Å²) in [6.45, 7) is 0.693. The van der Waals surface area contributed by atoms with Gasteiger partial charge in [0.05, 0.1) is 6.54 Å². The van der Waals surface area contributed by atoms with Gasteiger partial charge in [0.25, 0.3) is 5.89 Å². The number of rotatable bonds is 4. The lowest BCUT2D eigenvalue weighted by Crippen LogP contribution is -2.16. The van der Waals surface area contributed by atoms with Crippen LogP contribution in [0.25, 0.3) is 11.5 Å². The zero-order chi connectivity index (χ0) is 11.7. The van der Waals surface area contributed by atoms with Gasteiger partial charge < -0.3 is 9.84 Å². The molecule has 0 aliphatic heterocycles. The third kappa shape index (κ3) is 2.84. The largest absolute Gasteiger partial charge is 0.334 e. The lowest BCUT2D eigenvalue weighted by molar-refractivity contribution is 0.419. The molecule has 5 heteroatoms. The normalized spacial score (nSPS) is 15.1. The minimum atomic E-state index is 0.594. The van der Waals surface area contributed by atoms with Gasteiger partial charge in [0.2, 0.25) is 0 Å². The molecule has 1 aromatic heterocycles. The molecule has 0 bridgehead atoms. The Morgan fingerprint density at radius 2 is 2.29 bits per heavy atom. The monoisotopic (exact) mass is 341 g/mol. The minimum Gasteiger partial charge on any atom is -0.334 e. The van der Waals surface area contributed by atoms with E-state index in [9.17, 15) is 0 Å². The molecule has 1 aliphatic carbocycles. The fourth-order valence-corrected chi connectivity index (χ4v) is 2.13. The van der Waals surface area contributed by atoms with Gasteiger partial charge in [-0.15, -0.1) is 0 Å². The summed E-state index contributed by atoms with van der Waals surface area (Å²) in [5.41, 5.74) is 0.974. The van der Waals surface area contributed by atoms with E-state index in [4.69, 9.17) is 4.52 Å². The van der Waals surface area contributed by atoms with E-state index in [0.29, 0.717) is 18.5 Å². The number of nitrogens with zero attached hydrogens (tertiary/aromatic N) is 2. The van der Waals surface area contributed by atoms with Crippen LogP contribution in [0.2, 0.25) is 0 Å². The van der Waals surface area contributed by atoms with Gasteiger partial charge in [0.1, 0.15) is 0 Å². The van der Waals surface area contributed by atoms with Gasteiger partial charge in [-0.3, -0.25) is 0 Å². The molecular weight excluding hydrogens is 329 g/mol. The van der Waals surface area contributed by atoms with Crippen LogP contribution in [-0.4, -0.2) is 16.2 Å². The molecule has 1 fully saturated rings. The van der Waals surface area contributed by atoms with E-state index in [1.54, 1.807) is 0 Å². The molecule has 1 N–H and O–H groups in total. The van der Waals surface area contributed by atoms with E-state index in [0.717, 1.165) is 15.0 Å². The van der Waals surface area contributed by atoms with Crippen molar-refractivity contribution in [3.8, 4) is 11.5 Å². The van der Waals surface area contributed by atoms with Crippen molar-refractivity contribution in [3.63, 3.8) is 0 Å². The second-order valence-corrected chi connectivity index (χ2v) is 5.43. The Labute approximate surface area is 113 Å². The molecule has 4 nitrogen and oxygen atoms in total. The number of hydrogen-bond acceptors (Lipinski definition) is 4. The van der Waals surface area contributed by atoms with E-state index in [1.165, 1.54) is 12.8 Å². The Hall–Kier alpha value is -0.950. The Bertz CT molecular complexity index is 522. The van der Waals surface area contributed by atoms with Crippen LogP contribution in [-0.2, 0) is 6.54 Å². The van der Waals surface area contributed by atoms with Gasteiger partial charge in [-0.25, -0.2) is 0 Å². The van der Waals surface area contributed by atoms with Crippen molar-refractivity contribution in [1.82, 2.24) is 15.5 Å². The fraction of sp³-hybridized carbons (Fsp3) is 0.333. The summed E-state index contributed by atoms with van der Waals surface area (Å²) in [5.74, 6) is 1.32. The summed E-state index contributed by atoms with van der Waals surface area (Å²) in [6.07, 6.45) is 2.53. The topological polar surface area (TPSA) is 51.0 Å². The van der Waals surface area contributed by atoms with Crippen LogP contribution < -0.4 is 5.32 Å². The highest BCUT2D eigenvalue weighted by atomic mass is 127. The molecule has 0 saturated heterocycles. The lowest BCUT2D eigenvalue weighted by atomic mass is 10.2. The molecule has 3 rings (SSSR count). The van der Waals surface area contributed by atoms with E-state index in [-0.39, 0.29) is 0 Å². The van der Waals surface area contributed by atoms with Crippen molar-refractivity contribution < 1.29 is 4.52 Å². The summed E-state index contributed by atoms with van der Waals surface area (Å²) in [4.78, 5) is 4.38. The third-order valence-corrected chi connectivity index (χ3v) is 3.34. The molecule has 1 saturated carbocycles. The first-order valence-electron chi connectivity index (χ1n) is 5.63. The van der Waals surface area contributed by atoms with Gasteiger partial charge in [-0.05, 0) is 53.6 Å². The quantitative estimate of drug-likeness (QED) is 0.869. The van der Waals surface area contributed by atoms with Crippen LogP contribution in [0, 0.1) is 3.57 Å². The molecule has 1 aromatic carbocycles. The number of benzene rings is 1. The van der Waals surface area contributed by atoms with E-state index in [1.807, 2.05) is 24.3 Å². The molecular formula is C12H12IN3O. The van der Waals surface area contributed by atoms with Gasteiger partial charge >= 0.3 is 0 Å². The minimum absolute atomic E-state index is 0.594. The first-order chi connectivity index (χ1) is 8.31. The van der Waals surface area contributed by atoms with Crippen molar-refractivity contribution in [3.05, 3.63) is 33.7 Å². The zero-order valence-electron chi connectivity index (χ0n) is 9.19. The smallest absolute Gasteiger partial charge is 0.258 e. The van der Waals surface area contributed by atoms with Crippen LogP contribution >= 0.6 is 22.6 Å². The average Bonchev–Trinajstić information content (AvgIpc) is 3.04. The second kappa shape index (κ2) is 4.73. The maximum atomic E-state index is 5.25. The molecule has 0 unspecified atom stereocenters. The number of halogens is 1. The average molecular weight is 341 g/mol. The van der Waals surface area contributed by atoms with Gasteiger partial charge in [-0.2, -0.15) is 4.98 Å². The van der Waals surface area contributed by atoms with Crippen molar-refractivity contribution >= 4 is 22.6 Å². The SMILES string of the molecule is Ic1cccc(-c2nc(CNC3CC3)no2)c1. The predicted molar refractivity (Wildman–Crippen MR) is 72.3 cm³/mol. The maximum absolute atomic E-state index is 5.25. The lowest BCUT2D eigenvalue weighted by Gasteiger charge is -1.95. The summed E-state index contributed by atoms with van der Waals surface area (Å²) < 4.78 is 6.42. The Morgan fingerprint density at radius 3 is 3.06 bits per heavy atom. The zero-order valence-corrected chi connectivity index (χ0v) is 11.3. The Morgan fingerprint density at radius 1 is 1.41 bits per heavy atom. The van der Waals surface area contributed by atoms with E-state index in [2.05, 4.69) is 38.0 Å². The molecule has 0 amide bonds. The standard InChI is InChI=1S/C12H12IN3O/c13-9-3-1-2-8(6-9)12-15-11(16-17-12)7-14-10-4-5-10/h1-3,6,10,14H,4-5,7H2. The van der Waals surface area contributed by atoms with Gasteiger partial charge in [0, 0.05) is 15.2 Å². The summed E-state index contributed by atoms with van der Waals surface area (Å²) in [5, 5.41) is 7.33. The second-order valence-electron chi connectivity index (χ2n) is 4.18. The Kier molecular flexibility index (Phi) is 3.11. The van der Waals surface area contributed by atoms with Crippen LogP contribution in [0.15, 0.2) is 28.8 Å². The highest BCUT2D eigenvalue weighted by Gasteiger charge is 2.21. The molecule has 88 valence electrons.